The number of methoxy groups -OCH3 is 1. The van der Waals surface area contributed by atoms with Crippen LogP contribution in [0.15, 0.2) is 24.3 Å². The van der Waals surface area contributed by atoms with Gasteiger partial charge in [-0.05, 0) is 43.5 Å². The van der Waals surface area contributed by atoms with E-state index in [1.54, 1.807) is 0 Å². The van der Waals surface area contributed by atoms with Gasteiger partial charge in [0.15, 0.2) is 6.61 Å². The van der Waals surface area contributed by atoms with Crippen LogP contribution in [-0.4, -0.2) is 38.4 Å². The van der Waals surface area contributed by atoms with Crippen molar-refractivity contribution in [1.29, 1.82) is 0 Å². The van der Waals surface area contributed by atoms with Gasteiger partial charge in [0.1, 0.15) is 5.75 Å². The molecule has 2 rings (SSSR count). The molecule has 1 fully saturated rings. The SMILES string of the molecule is CCC1CC(Nc2ccc(OCC(=O)OC)cc2)CCO1. The summed E-state index contributed by atoms with van der Waals surface area (Å²) in [6, 6.07) is 8.07. The van der Waals surface area contributed by atoms with Crippen LogP contribution in [0.5, 0.6) is 5.75 Å². The number of nitrogens with one attached hydrogen (secondary N) is 1. The molecule has 1 aliphatic heterocycles. The summed E-state index contributed by atoms with van der Waals surface area (Å²) in [5.41, 5.74) is 1.06. The van der Waals surface area contributed by atoms with Crippen molar-refractivity contribution in [1.82, 2.24) is 0 Å². The van der Waals surface area contributed by atoms with Gasteiger partial charge in [-0.25, -0.2) is 4.79 Å². The summed E-state index contributed by atoms with van der Waals surface area (Å²) >= 11 is 0. The van der Waals surface area contributed by atoms with Crippen LogP contribution in [0, 0.1) is 0 Å². The van der Waals surface area contributed by atoms with Gasteiger partial charge >= 0.3 is 5.97 Å². The third-order valence-electron chi connectivity index (χ3n) is 3.63. The van der Waals surface area contributed by atoms with E-state index in [1.165, 1.54) is 7.11 Å². The maximum absolute atomic E-state index is 11.0. The van der Waals surface area contributed by atoms with E-state index >= 15 is 0 Å². The maximum atomic E-state index is 11.0. The predicted molar refractivity (Wildman–Crippen MR) is 80.6 cm³/mol. The Morgan fingerprint density at radius 3 is 2.81 bits per heavy atom. The van der Waals surface area contributed by atoms with Crippen molar-refractivity contribution in [3.05, 3.63) is 24.3 Å². The lowest BCUT2D eigenvalue weighted by Crippen LogP contribution is -2.33. The van der Waals surface area contributed by atoms with Crippen molar-refractivity contribution in [2.24, 2.45) is 0 Å². The van der Waals surface area contributed by atoms with Crippen LogP contribution in [0.25, 0.3) is 0 Å². The fraction of sp³-hybridized carbons (Fsp3) is 0.562. The van der Waals surface area contributed by atoms with Gasteiger partial charge in [-0.1, -0.05) is 6.92 Å². The number of carbonyl (C=O) groups is 1. The van der Waals surface area contributed by atoms with E-state index in [0.717, 1.165) is 31.6 Å². The number of benzene rings is 1. The van der Waals surface area contributed by atoms with Gasteiger partial charge in [-0.3, -0.25) is 0 Å². The maximum Gasteiger partial charge on any atom is 0.343 e. The largest absolute Gasteiger partial charge is 0.482 e. The van der Waals surface area contributed by atoms with Crippen molar-refractivity contribution in [3.8, 4) is 5.75 Å². The van der Waals surface area contributed by atoms with Crippen LogP contribution in [0.4, 0.5) is 5.69 Å². The Morgan fingerprint density at radius 1 is 1.38 bits per heavy atom. The minimum absolute atomic E-state index is 0.0680. The number of carbonyl (C=O) groups excluding carboxylic acids is 1. The zero-order valence-corrected chi connectivity index (χ0v) is 12.6. The van der Waals surface area contributed by atoms with Crippen LogP contribution in [0.1, 0.15) is 26.2 Å². The molecule has 1 N–H and O–H groups in total. The molecule has 0 bridgehead atoms. The lowest BCUT2D eigenvalue weighted by Gasteiger charge is -2.30. The fourth-order valence-corrected chi connectivity index (χ4v) is 2.38. The average molecular weight is 293 g/mol. The molecule has 1 saturated heterocycles. The Hall–Kier alpha value is -1.75. The van der Waals surface area contributed by atoms with Crippen molar-refractivity contribution in [3.63, 3.8) is 0 Å². The third kappa shape index (κ3) is 4.93. The monoisotopic (exact) mass is 293 g/mol. The number of rotatable bonds is 6. The van der Waals surface area contributed by atoms with Gasteiger partial charge < -0.3 is 19.5 Å². The highest BCUT2D eigenvalue weighted by atomic mass is 16.6. The summed E-state index contributed by atoms with van der Waals surface area (Å²) in [5.74, 6) is 0.273. The van der Waals surface area contributed by atoms with Gasteiger partial charge in [0.25, 0.3) is 0 Å². The minimum Gasteiger partial charge on any atom is -0.482 e. The molecule has 1 aromatic carbocycles. The predicted octanol–water partition coefficient (Wildman–Crippen LogP) is 2.61. The second-order valence-electron chi connectivity index (χ2n) is 5.16. The van der Waals surface area contributed by atoms with Crippen LogP contribution in [0.3, 0.4) is 0 Å². The van der Waals surface area contributed by atoms with Crippen molar-refractivity contribution in [2.45, 2.75) is 38.3 Å². The minimum atomic E-state index is -0.384. The highest BCUT2D eigenvalue weighted by molar-refractivity contribution is 5.70. The lowest BCUT2D eigenvalue weighted by molar-refractivity contribution is -0.142. The second-order valence-corrected chi connectivity index (χ2v) is 5.16. The topological polar surface area (TPSA) is 56.8 Å². The van der Waals surface area contributed by atoms with Gasteiger partial charge in [0, 0.05) is 18.3 Å². The van der Waals surface area contributed by atoms with E-state index in [0.29, 0.717) is 17.9 Å². The molecule has 2 unspecified atom stereocenters. The second kappa shape index (κ2) is 7.88. The van der Waals surface area contributed by atoms with Crippen molar-refractivity contribution >= 4 is 11.7 Å². The standard InChI is InChI=1S/C16H23NO4/c1-3-14-10-13(8-9-20-14)17-12-4-6-15(7-5-12)21-11-16(18)19-2/h4-7,13-14,17H,3,8-11H2,1-2H3. The quantitative estimate of drug-likeness (QED) is 0.817. The van der Waals surface area contributed by atoms with Gasteiger partial charge in [-0.2, -0.15) is 0 Å². The first-order valence-corrected chi connectivity index (χ1v) is 7.39. The molecule has 0 spiro atoms. The number of anilines is 1. The molecular formula is C16H23NO4. The van der Waals surface area contributed by atoms with Crippen LogP contribution < -0.4 is 10.1 Å². The first-order chi connectivity index (χ1) is 10.2. The van der Waals surface area contributed by atoms with Crippen LogP contribution in [0.2, 0.25) is 0 Å². The van der Waals surface area contributed by atoms with Crippen molar-refractivity contribution in [2.75, 3.05) is 25.6 Å². The van der Waals surface area contributed by atoms with E-state index in [-0.39, 0.29) is 12.6 Å². The molecule has 0 amide bonds. The highest BCUT2D eigenvalue weighted by Crippen LogP contribution is 2.22. The van der Waals surface area contributed by atoms with E-state index in [1.807, 2.05) is 24.3 Å². The smallest absolute Gasteiger partial charge is 0.343 e. The Morgan fingerprint density at radius 2 is 2.14 bits per heavy atom. The zero-order valence-electron chi connectivity index (χ0n) is 12.6. The molecule has 2 atom stereocenters. The van der Waals surface area contributed by atoms with E-state index in [9.17, 15) is 4.79 Å². The Balaban J connectivity index is 1.83. The number of hydrogen-bond donors (Lipinski definition) is 1. The average Bonchev–Trinajstić information content (AvgIpc) is 2.54. The zero-order chi connectivity index (χ0) is 15.1. The molecule has 116 valence electrons. The molecule has 1 aromatic rings. The molecule has 21 heavy (non-hydrogen) atoms. The summed E-state index contributed by atoms with van der Waals surface area (Å²) in [5, 5.41) is 3.52. The highest BCUT2D eigenvalue weighted by Gasteiger charge is 2.20. The molecule has 0 aliphatic carbocycles. The van der Waals surface area contributed by atoms with Gasteiger partial charge in [-0.15, -0.1) is 0 Å². The Bertz CT molecular complexity index is 446. The van der Waals surface area contributed by atoms with Gasteiger partial charge in [0.05, 0.1) is 13.2 Å². The summed E-state index contributed by atoms with van der Waals surface area (Å²) in [7, 11) is 1.34. The van der Waals surface area contributed by atoms with E-state index in [4.69, 9.17) is 9.47 Å². The summed E-state index contributed by atoms with van der Waals surface area (Å²) in [6.45, 7) is 2.90. The van der Waals surface area contributed by atoms with E-state index < -0.39 is 0 Å². The first-order valence-electron chi connectivity index (χ1n) is 7.39. The molecule has 0 aromatic heterocycles. The first kappa shape index (κ1) is 15.6. The number of ether oxygens (including phenoxy) is 3. The third-order valence-corrected chi connectivity index (χ3v) is 3.63. The molecule has 5 heteroatoms. The van der Waals surface area contributed by atoms with E-state index in [2.05, 4.69) is 17.0 Å². The lowest BCUT2D eigenvalue weighted by atomic mass is 10.0. The Labute approximate surface area is 125 Å². The molecule has 1 aliphatic rings. The normalized spacial score (nSPS) is 21.6. The number of esters is 1. The molecule has 1 heterocycles. The van der Waals surface area contributed by atoms with Crippen LogP contribution in [-0.2, 0) is 14.3 Å². The van der Waals surface area contributed by atoms with Gasteiger partial charge in [0.2, 0.25) is 0 Å². The molecule has 0 radical (unpaired) electrons. The molecular weight excluding hydrogens is 270 g/mol. The fourth-order valence-electron chi connectivity index (χ4n) is 2.38. The van der Waals surface area contributed by atoms with Crippen LogP contribution >= 0.6 is 0 Å². The summed E-state index contributed by atoms with van der Waals surface area (Å²) < 4.78 is 15.5. The number of hydrogen-bond acceptors (Lipinski definition) is 5. The Kier molecular flexibility index (Phi) is 5.87. The van der Waals surface area contributed by atoms with Crippen molar-refractivity contribution < 1.29 is 19.0 Å². The summed E-state index contributed by atoms with van der Waals surface area (Å²) in [6.07, 6.45) is 3.48. The summed E-state index contributed by atoms with van der Waals surface area (Å²) in [4.78, 5) is 11.0. The molecule has 5 nitrogen and oxygen atoms in total. The molecule has 0 saturated carbocycles.